The van der Waals surface area contributed by atoms with Crippen molar-refractivity contribution >= 4 is 36.4 Å². The lowest BCUT2D eigenvalue weighted by Gasteiger charge is -2.34. The van der Waals surface area contributed by atoms with E-state index in [0.29, 0.717) is 6.42 Å². The van der Waals surface area contributed by atoms with Gasteiger partial charge in [-0.2, -0.15) is 0 Å². The maximum Gasteiger partial charge on any atom is 0.223 e. The van der Waals surface area contributed by atoms with Crippen molar-refractivity contribution in [2.24, 2.45) is 0 Å². The van der Waals surface area contributed by atoms with Crippen LogP contribution in [0.3, 0.4) is 0 Å². The van der Waals surface area contributed by atoms with Crippen LogP contribution in [0.5, 0.6) is 0 Å². The summed E-state index contributed by atoms with van der Waals surface area (Å²) >= 11 is 0. The zero-order chi connectivity index (χ0) is 15.2. The molecular weight excluding hydrogens is 335 g/mol. The lowest BCUT2D eigenvalue weighted by Crippen LogP contribution is -2.46. The Labute approximate surface area is 151 Å². The normalized spacial score (nSPS) is 15.4. The quantitative estimate of drug-likeness (QED) is 0.810. The summed E-state index contributed by atoms with van der Waals surface area (Å²) in [6.07, 6.45) is 0.613. The molecular formula is C16H28Cl2N4O. The molecule has 1 aliphatic rings. The second-order valence-electron chi connectivity index (χ2n) is 5.90. The predicted molar refractivity (Wildman–Crippen MR) is 100 cm³/mol. The van der Waals surface area contributed by atoms with Crippen LogP contribution in [0.2, 0.25) is 0 Å². The second kappa shape index (κ2) is 10.7. The molecule has 7 heteroatoms. The van der Waals surface area contributed by atoms with Crippen LogP contribution in [0.1, 0.15) is 12.0 Å². The van der Waals surface area contributed by atoms with E-state index in [9.17, 15) is 4.79 Å². The summed E-state index contributed by atoms with van der Waals surface area (Å²) in [5.74, 6) is 0.206. The van der Waals surface area contributed by atoms with Crippen LogP contribution in [0.4, 0.5) is 5.69 Å². The third-order valence-electron chi connectivity index (χ3n) is 3.96. The lowest BCUT2D eigenvalue weighted by molar-refractivity contribution is -0.129. The minimum Gasteiger partial charge on any atom is -0.399 e. The number of hydrogen-bond acceptors (Lipinski definition) is 4. The van der Waals surface area contributed by atoms with Crippen LogP contribution in [-0.4, -0.2) is 67.4 Å². The van der Waals surface area contributed by atoms with E-state index in [4.69, 9.17) is 5.73 Å². The number of hydrogen-bond donors (Lipinski definition) is 1. The van der Waals surface area contributed by atoms with Gasteiger partial charge in [-0.1, -0.05) is 12.1 Å². The van der Waals surface area contributed by atoms with Crippen molar-refractivity contribution in [3.8, 4) is 0 Å². The number of halogens is 2. The van der Waals surface area contributed by atoms with Crippen molar-refractivity contribution in [2.45, 2.75) is 13.0 Å². The molecule has 0 aliphatic carbocycles. The summed E-state index contributed by atoms with van der Waals surface area (Å²) in [6, 6.07) is 8.09. The van der Waals surface area contributed by atoms with E-state index < -0.39 is 0 Å². The van der Waals surface area contributed by atoms with Gasteiger partial charge in [0.05, 0.1) is 0 Å². The topological polar surface area (TPSA) is 52.8 Å². The highest BCUT2D eigenvalue weighted by atomic mass is 35.5. The molecule has 23 heavy (non-hydrogen) atoms. The molecule has 0 spiro atoms. The number of rotatable bonds is 5. The summed E-state index contributed by atoms with van der Waals surface area (Å²) in [7, 11) is 3.62. The SMILES string of the molecule is CN(C)C(=O)CCN1CCN(Cc2cccc(N)c2)CC1.Cl.Cl. The van der Waals surface area contributed by atoms with Crippen molar-refractivity contribution in [1.29, 1.82) is 0 Å². The highest BCUT2D eigenvalue weighted by Crippen LogP contribution is 2.11. The van der Waals surface area contributed by atoms with E-state index in [1.807, 2.05) is 32.3 Å². The zero-order valence-electron chi connectivity index (χ0n) is 13.9. The van der Waals surface area contributed by atoms with Crippen LogP contribution in [0.25, 0.3) is 0 Å². The Bertz CT molecular complexity index is 477. The van der Waals surface area contributed by atoms with Crippen LogP contribution in [0.15, 0.2) is 24.3 Å². The number of piperazine rings is 1. The van der Waals surface area contributed by atoms with Crippen LogP contribution in [0, 0.1) is 0 Å². The summed E-state index contributed by atoms with van der Waals surface area (Å²) < 4.78 is 0. The molecule has 2 N–H and O–H groups in total. The van der Waals surface area contributed by atoms with Gasteiger partial charge in [0.15, 0.2) is 0 Å². The zero-order valence-corrected chi connectivity index (χ0v) is 15.5. The maximum atomic E-state index is 11.6. The number of nitrogens with two attached hydrogens (primary N) is 1. The second-order valence-corrected chi connectivity index (χ2v) is 5.90. The number of amides is 1. The van der Waals surface area contributed by atoms with Crippen molar-refractivity contribution in [2.75, 3.05) is 52.6 Å². The molecule has 0 bridgehead atoms. The number of carbonyl (C=O) groups excluding carboxylic acids is 1. The van der Waals surface area contributed by atoms with Gasteiger partial charge in [0.2, 0.25) is 5.91 Å². The van der Waals surface area contributed by atoms with E-state index >= 15 is 0 Å². The lowest BCUT2D eigenvalue weighted by atomic mass is 10.1. The summed E-state index contributed by atoms with van der Waals surface area (Å²) in [6.45, 7) is 5.97. The van der Waals surface area contributed by atoms with Gasteiger partial charge in [0.1, 0.15) is 0 Å². The van der Waals surface area contributed by atoms with Gasteiger partial charge in [-0.15, -0.1) is 24.8 Å². The minimum absolute atomic E-state index is 0. The molecule has 2 rings (SSSR count). The molecule has 1 fully saturated rings. The molecule has 0 aromatic heterocycles. The smallest absolute Gasteiger partial charge is 0.223 e. The molecule has 1 saturated heterocycles. The molecule has 0 atom stereocenters. The van der Waals surface area contributed by atoms with Crippen LogP contribution >= 0.6 is 24.8 Å². The first-order valence-electron chi connectivity index (χ1n) is 7.54. The number of benzene rings is 1. The third-order valence-corrected chi connectivity index (χ3v) is 3.96. The van der Waals surface area contributed by atoms with E-state index in [1.165, 1.54) is 5.56 Å². The van der Waals surface area contributed by atoms with Crippen molar-refractivity contribution in [1.82, 2.24) is 14.7 Å². The molecule has 1 heterocycles. The van der Waals surface area contributed by atoms with Gasteiger partial charge in [0.25, 0.3) is 0 Å². The van der Waals surface area contributed by atoms with Crippen LogP contribution in [-0.2, 0) is 11.3 Å². The average molecular weight is 363 g/mol. The van der Waals surface area contributed by atoms with E-state index in [1.54, 1.807) is 4.90 Å². The van der Waals surface area contributed by atoms with Gasteiger partial charge < -0.3 is 15.5 Å². The number of anilines is 1. The Morgan fingerprint density at radius 3 is 2.30 bits per heavy atom. The molecule has 0 saturated carbocycles. The van der Waals surface area contributed by atoms with Gasteiger partial charge in [-0.05, 0) is 17.7 Å². The number of carbonyl (C=O) groups is 1. The van der Waals surface area contributed by atoms with Crippen molar-refractivity contribution < 1.29 is 4.79 Å². The molecule has 1 aromatic rings. The van der Waals surface area contributed by atoms with E-state index in [2.05, 4.69) is 15.9 Å². The molecule has 5 nitrogen and oxygen atoms in total. The molecule has 1 aromatic carbocycles. The fourth-order valence-electron chi connectivity index (χ4n) is 2.60. The Morgan fingerprint density at radius 2 is 1.74 bits per heavy atom. The highest BCUT2D eigenvalue weighted by molar-refractivity contribution is 5.85. The van der Waals surface area contributed by atoms with E-state index in [0.717, 1.165) is 45.0 Å². The van der Waals surface area contributed by atoms with Gasteiger partial charge >= 0.3 is 0 Å². The largest absolute Gasteiger partial charge is 0.399 e. The highest BCUT2D eigenvalue weighted by Gasteiger charge is 2.17. The fraction of sp³-hybridized carbons (Fsp3) is 0.562. The third kappa shape index (κ3) is 7.40. The maximum absolute atomic E-state index is 11.6. The summed E-state index contributed by atoms with van der Waals surface area (Å²) in [5.41, 5.74) is 7.91. The van der Waals surface area contributed by atoms with E-state index in [-0.39, 0.29) is 30.7 Å². The van der Waals surface area contributed by atoms with Gasteiger partial charge in [-0.3, -0.25) is 9.69 Å². The molecule has 0 unspecified atom stereocenters. The van der Waals surface area contributed by atoms with Crippen molar-refractivity contribution in [3.63, 3.8) is 0 Å². The van der Waals surface area contributed by atoms with Gasteiger partial charge in [-0.25, -0.2) is 0 Å². The standard InChI is InChI=1S/C16H26N4O.2ClH/c1-18(2)16(21)6-7-19-8-10-20(11-9-19)13-14-4-3-5-15(17)12-14;;/h3-5,12H,6-11,13,17H2,1-2H3;2*1H. The Kier molecular flexibility index (Phi) is 10.2. The number of nitrogens with zero attached hydrogens (tertiary/aromatic N) is 3. The van der Waals surface area contributed by atoms with Gasteiger partial charge in [0, 0.05) is 65.5 Å². The number of nitrogen functional groups attached to an aromatic ring is 1. The fourth-order valence-corrected chi connectivity index (χ4v) is 2.60. The Balaban J connectivity index is 0.00000242. The molecule has 132 valence electrons. The van der Waals surface area contributed by atoms with Crippen molar-refractivity contribution in [3.05, 3.63) is 29.8 Å². The first-order chi connectivity index (χ1) is 10.0. The molecule has 1 amide bonds. The monoisotopic (exact) mass is 362 g/mol. The minimum atomic E-state index is 0. The molecule has 1 aliphatic heterocycles. The Hall–Kier alpha value is -1.01. The summed E-state index contributed by atoms with van der Waals surface area (Å²) in [5, 5.41) is 0. The Morgan fingerprint density at radius 1 is 1.13 bits per heavy atom. The average Bonchev–Trinajstić information content (AvgIpc) is 2.46. The van der Waals surface area contributed by atoms with Crippen LogP contribution < -0.4 is 5.73 Å². The summed E-state index contributed by atoms with van der Waals surface area (Å²) in [4.78, 5) is 18.1. The molecule has 0 radical (unpaired) electrons. The first kappa shape index (κ1) is 22.0. The first-order valence-corrected chi connectivity index (χ1v) is 7.54. The predicted octanol–water partition coefficient (Wildman–Crippen LogP) is 1.71.